The van der Waals surface area contributed by atoms with E-state index in [-0.39, 0.29) is 18.8 Å². The Labute approximate surface area is 178 Å². The van der Waals surface area contributed by atoms with Crippen LogP contribution in [0.3, 0.4) is 0 Å². The van der Waals surface area contributed by atoms with Crippen LogP contribution in [0.25, 0.3) is 0 Å². The van der Waals surface area contributed by atoms with Gasteiger partial charge in [0.05, 0.1) is 12.4 Å². The molecule has 2 aromatic rings. The summed E-state index contributed by atoms with van der Waals surface area (Å²) in [6.07, 6.45) is 0.810. The molecule has 0 radical (unpaired) electrons. The van der Waals surface area contributed by atoms with Crippen LogP contribution in [0, 0.1) is 0 Å². The first kappa shape index (κ1) is 23.7. The molecule has 0 aliphatic rings. The summed E-state index contributed by atoms with van der Waals surface area (Å²) in [5.41, 5.74) is 1.70. The average Bonchev–Trinajstić information content (AvgIpc) is 2.76. The van der Waals surface area contributed by atoms with Crippen LogP contribution in [-0.4, -0.2) is 54.0 Å². The van der Waals surface area contributed by atoms with Crippen molar-refractivity contribution in [3.8, 4) is 5.75 Å². The summed E-state index contributed by atoms with van der Waals surface area (Å²) < 4.78 is 37.7. The van der Waals surface area contributed by atoms with Gasteiger partial charge in [-0.25, -0.2) is 13.1 Å². The summed E-state index contributed by atoms with van der Waals surface area (Å²) in [6.45, 7) is 1.71. The van der Waals surface area contributed by atoms with E-state index in [0.717, 1.165) is 23.4 Å². The number of benzene rings is 2. The second-order valence-corrected chi connectivity index (χ2v) is 8.40. The number of rotatable bonds is 12. The van der Waals surface area contributed by atoms with Crippen LogP contribution in [0.1, 0.15) is 12.0 Å². The van der Waals surface area contributed by atoms with Gasteiger partial charge in [-0.1, -0.05) is 36.4 Å². The molecule has 0 heterocycles. The zero-order chi connectivity index (χ0) is 21.7. The highest BCUT2D eigenvalue weighted by atomic mass is 32.2. The Morgan fingerprint density at radius 1 is 1.07 bits per heavy atom. The third-order valence-electron chi connectivity index (χ3n) is 4.08. The molecule has 0 unspecified atom stereocenters. The molecule has 164 valence electrons. The minimum absolute atomic E-state index is 0.0663. The van der Waals surface area contributed by atoms with Gasteiger partial charge in [-0.05, 0) is 17.7 Å². The molecular weight excluding hydrogens is 404 g/mol. The summed E-state index contributed by atoms with van der Waals surface area (Å²) in [6, 6.07) is 16.9. The molecule has 0 aliphatic heterocycles. The normalized spacial score (nSPS) is 11.9. The first-order chi connectivity index (χ1) is 14.5. The van der Waals surface area contributed by atoms with E-state index >= 15 is 0 Å². The highest BCUT2D eigenvalue weighted by molar-refractivity contribution is 7.89. The van der Waals surface area contributed by atoms with Gasteiger partial charge < -0.3 is 20.1 Å². The van der Waals surface area contributed by atoms with Gasteiger partial charge in [0, 0.05) is 52.0 Å². The molecule has 3 N–H and O–H groups in total. The van der Waals surface area contributed by atoms with Crippen molar-refractivity contribution in [3.63, 3.8) is 0 Å². The zero-order valence-corrected chi connectivity index (χ0v) is 18.2. The number of nitrogens with one attached hydrogen (secondary N) is 3. The molecule has 2 rings (SSSR count). The standard InChI is InChI=1S/C21H30N4O4S/c1-22-21(25-19-10-6-11-20(16-19)29-14-7-13-28-2)23-12-15-30(26,27)24-17-18-8-4-3-5-9-18/h3-6,8-11,16,24H,7,12-15,17H2,1-2H3,(H2,22,23,25). The maximum atomic E-state index is 12.2. The maximum Gasteiger partial charge on any atom is 0.213 e. The van der Waals surface area contributed by atoms with Crippen LogP contribution < -0.4 is 20.1 Å². The van der Waals surface area contributed by atoms with E-state index in [1.807, 2.05) is 54.6 Å². The number of sulfonamides is 1. The molecule has 2 aromatic carbocycles. The minimum Gasteiger partial charge on any atom is -0.493 e. The number of hydrogen-bond donors (Lipinski definition) is 3. The quantitative estimate of drug-likeness (QED) is 0.269. The number of guanidine groups is 1. The van der Waals surface area contributed by atoms with Crippen molar-refractivity contribution in [1.29, 1.82) is 0 Å². The molecule has 8 nitrogen and oxygen atoms in total. The van der Waals surface area contributed by atoms with E-state index in [9.17, 15) is 8.42 Å². The summed E-state index contributed by atoms with van der Waals surface area (Å²) in [4.78, 5) is 4.13. The van der Waals surface area contributed by atoms with Crippen molar-refractivity contribution in [2.45, 2.75) is 13.0 Å². The lowest BCUT2D eigenvalue weighted by Gasteiger charge is -2.13. The van der Waals surface area contributed by atoms with Crippen molar-refractivity contribution in [2.24, 2.45) is 4.99 Å². The number of anilines is 1. The van der Waals surface area contributed by atoms with E-state index in [1.165, 1.54) is 0 Å². The van der Waals surface area contributed by atoms with Crippen molar-refractivity contribution >= 4 is 21.7 Å². The van der Waals surface area contributed by atoms with Crippen molar-refractivity contribution in [3.05, 3.63) is 60.2 Å². The Bertz CT molecular complexity index is 889. The molecule has 9 heteroatoms. The third kappa shape index (κ3) is 9.25. The fraction of sp³-hybridized carbons (Fsp3) is 0.381. The number of aliphatic imine (C=N–C) groups is 1. The largest absolute Gasteiger partial charge is 0.493 e. The lowest BCUT2D eigenvalue weighted by atomic mass is 10.2. The van der Waals surface area contributed by atoms with Crippen LogP contribution in [0.5, 0.6) is 5.75 Å². The van der Waals surface area contributed by atoms with Crippen LogP contribution in [0.4, 0.5) is 5.69 Å². The van der Waals surface area contributed by atoms with Gasteiger partial charge in [0.1, 0.15) is 5.75 Å². The fourth-order valence-electron chi connectivity index (χ4n) is 2.54. The lowest BCUT2D eigenvalue weighted by Crippen LogP contribution is -2.37. The van der Waals surface area contributed by atoms with E-state index in [1.54, 1.807) is 14.2 Å². The monoisotopic (exact) mass is 434 g/mol. The number of nitrogens with zero attached hydrogens (tertiary/aromatic N) is 1. The van der Waals surface area contributed by atoms with E-state index < -0.39 is 10.0 Å². The van der Waals surface area contributed by atoms with E-state index in [2.05, 4.69) is 20.3 Å². The van der Waals surface area contributed by atoms with Gasteiger partial charge in [-0.3, -0.25) is 4.99 Å². The van der Waals surface area contributed by atoms with Gasteiger partial charge in [-0.15, -0.1) is 0 Å². The maximum absolute atomic E-state index is 12.2. The van der Waals surface area contributed by atoms with Crippen LogP contribution in [-0.2, 0) is 21.3 Å². The Morgan fingerprint density at radius 3 is 2.60 bits per heavy atom. The molecule has 0 aromatic heterocycles. The molecule has 0 saturated heterocycles. The predicted octanol–water partition coefficient (Wildman–Crippen LogP) is 2.21. The highest BCUT2D eigenvalue weighted by Gasteiger charge is 2.10. The highest BCUT2D eigenvalue weighted by Crippen LogP contribution is 2.17. The molecule has 0 amide bonds. The van der Waals surface area contributed by atoms with E-state index in [0.29, 0.717) is 19.2 Å². The van der Waals surface area contributed by atoms with Crippen molar-refractivity contribution in [2.75, 3.05) is 45.0 Å². The van der Waals surface area contributed by atoms with Crippen LogP contribution in [0.2, 0.25) is 0 Å². The third-order valence-corrected chi connectivity index (χ3v) is 5.41. The van der Waals surface area contributed by atoms with Crippen LogP contribution in [0.15, 0.2) is 59.6 Å². The molecule has 0 atom stereocenters. The Morgan fingerprint density at radius 2 is 1.87 bits per heavy atom. The molecule has 30 heavy (non-hydrogen) atoms. The molecule has 0 aliphatic carbocycles. The van der Waals surface area contributed by atoms with E-state index in [4.69, 9.17) is 9.47 Å². The summed E-state index contributed by atoms with van der Waals surface area (Å²) in [5.74, 6) is 1.15. The second kappa shape index (κ2) is 12.8. The van der Waals surface area contributed by atoms with Crippen molar-refractivity contribution in [1.82, 2.24) is 10.0 Å². The second-order valence-electron chi connectivity index (χ2n) is 6.47. The summed E-state index contributed by atoms with van der Waals surface area (Å²) in [5, 5.41) is 6.15. The average molecular weight is 435 g/mol. The molecule has 0 fully saturated rings. The van der Waals surface area contributed by atoms with Crippen LogP contribution >= 0.6 is 0 Å². The number of hydrogen-bond acceptors (Lipinski definition) is 5. The predicted molar refractivity (Wildman–Crippen MR) is 120 cm³/mol. The zero-order valence-electron chi connectivity index (χ0n) is 17.4. The minimum atomic E-state index is -3.40. The lowest BCUT2D eigenvalue weighted by molar-refractivity contribution is 0.172. The molecule has 0 bridgehead atoms. The SMILES string of the molecule is CN=C(NCCS(=O)(=O)NCc1ccccc1)Nc1cccc(OCCCOC)c1. The topological polar surface area (TPSA) is 101 Å². The number of ether oxygens (including phenoxy) is 2. The van der Waals surface area contributed by atoms with Gasteiger partial charge in [-0.2, -0.15) is 0 Å². The Kier molecular flexibility index (Phi) is 10.1. The fourth-order valence-corrected chi connectivity index (χ4v) is 3.44. The molecule has 0 spiro atoms. The first-order valence-corrected chi connectivity index (χ1v) is 11.4. The van der Waals surface area contributed by atoms with Gasteiger partial charge >= 0.3 is 0 Å². The molecular formula is C21H30N4O4S. The van der Waals surface area contributed by atoms with Gasteiger partial charge in [0.15, 0.2) is 5.96 Å². The van der Waals surface area contributed by atoms with Gasteiger partial charge in [0.25, 0.3) is 0 Å². The summed E-state index contributed by atoms with van der Waals surface area (Å²) >= 11 is 0. The molecule has 0 saturated carbocycles. The van der Waals surface area contributed by atoms with Crippen molar-refractivity contribution < 1.29 is 17.9 Å². The Balaban J connectivity index is 1.77. The summed E-state index contributed by atoms with van der Waals surface area (Å²) in [7, 11) is -0.116. The first-order valence-electron chi connectivity index (χ1n) is 9.73. The smallest absolute Gasteiger partial charge is 0.213 e. The number of methoxy groups -OCH3 is 1. The Hall–Kier alpha value is -2.62. The van der Waals surface area contributed by atoms with Gasteiger partial charge in [0.2, 0.25) is 10.0 Å².